The molecule has 33 heavy (non-hydrogen) atoms. The molecule has 8 heteroatoms. The largest absolute Gasteiger partial charge is 0.497 e. The predicted molar refractivity (Wildman–Crippen MR) is 127 cm³/mol. The van der Waals surface area contributed by atoms with Crippen molar-refractivity contribution in [3.8, 4) is 28.6 Å². The second-order valence-electron chi connectivity index (χ2n) is 7.62. The van der Waals surface area contributed by atoms with Crippen LogP contribution in [-0.2, 0) is 13.0 Å². The van der Waals surface area contributed by atoms with Gasteiger partial charge in [0.2, 0.25) is 5.89 Å². The minimum atomic E-state index is -0.213. The van der Waals surface area contributed by atoms with E-state index in [1.54, 1.807) is 30.7 Å². The SMILES string of the molecule is COc1ccc(-c2nc(Cn3c(-c4ccc(Cl)cc4)nc(C)c(CCO)c3=O)c(C)o2)cc1. The zero-order valence-corrected chi connectivity index (χ0v) is 19.4. The average molecular weight is 466 g/mol. The summed E-state index contributed by atoms with van der Waals surface area (Å²) in [7, 11) is 1.61. The molecule has 0 aliphatic rings. The van der Waals surface area contributed by atoms with Crippen molar-refractivity contribution in [2.45, 2.75) is 26.8 Å². The standard InChI is InChI=1S/C25H24ClN3O4/c1-15-21(12-13-30)25(31)29(23(27-15)17-4-8-19(26)9-5-17)14-22-16(2)33-24(28-22)18-6-10-20(32-3)11-7-18/h4-11,30H,12-14H2,1-3H3. The van der Waals surface area contributed by atoms with E-state index in [1.165, 1.54) is 0 Å². The molecule has 0 saturated heterocycles. The predicted octanol–water partition coefficient (Wildman–Crippen LogP) is 4.43. The molecule has 0 fully saturated rings. The lowest BCUT2D eigenvalue weighted by molar-refractivity contribution is 0.298. The molecular weight excluding hydrogens is 442 g/mol. The molecule has 0 atom stereocenters. The summed E-state index contributed by atoms with van der Waals surface area (Å²) in [6, 6.07) is 14.6. The molecule has 0 saturated carbocycles. The number of oxazole rings is 1. The van der Waals surface area contributed by atoms with Crippen LogP contribution in [0.25, 0.3) is 22.8 Å². The zero-order chi connectivity index (χ0) is 23.5. The molecule has 2 aromatic heterocycles. The summed E-state index contributed by atoms with van der Waals surface area (Å²) in [5.74, 6) is 2.31. The smallest absolute Gasteiger partial charge is 0.257 e. The van der Waals surface area contributed by atoms with Crippen molar-refractivity contribution in [2.24, 2.45) is 0 Å². The number of halogens is 1. The average Bonchev–Trinajstić information content (AvgIpc) is 3.19. The fraction of sp³-hybridized carbons (Fsp3) is 0.240. The lowest BCUT2D eigenvalue weighted by Crippen LogP contribution is -2.29. The summed E-state index contributed by atoms with van der Waals surface area (Å²) in [6.07, 6.45) is 0.230. The molecule has 0 aliphatic carbocycles. The Labute approximate surface area is 196 Å². The van der Waals surface area contributed by atoms with Gasteiger partial charge in [0.05, 0.1) is 13.7 Å². The Bertz CT molecular complexity index is 1330. The molecule has 4 aromatic rings. The molecule has 1 N–H and O–H groups in total. The van der Waals surface area contributed by atoms with Crippen molar-refractivity contribution in [1.82, 2.24) is 14.5 Å². The van der Waals surface area contributed by atoms with Gasteiger partial charge in [-0.1, -0.05) is 11.6 Å². The number of aliphatic hydroxyl groups is 1. The van der Waals surface area contributed by atoms with Gasteiger partial charge >= 0.3 is 0 Å². The molecule has 2 heterocycles. The van der Waals surface area contributed by atoms with Crippen LogP contribution < -0.4 is 10.3 Å². The van der Waals surface area contributed by atoms with E-state index >= 15 is 0 Å². The molecule has 0 amide bonds. The van der Waals surface area contributed by atoms with E-state index in [9.17, 15) is 9.90 Å². The van der Waals surface area contributed by atoms with Gasteiger partial charge in [-0.15, -0.1) is 0 Å². The van der Waals surface area contributed by atoms with E-state index in [0.29, 0.717) is 39.4 Å². The summed E-state index contributed by atoms with van der Waals surface area (Å²) >= 11 is 6.05. The van der Waals surface area contributed by atoms with Gasteiger partial charge in [0.15, 0.2) is 0 Å². The topological polar surface area (TPSA) is 90.4 Å². The molecule has 2 aromatic carbocycles. The molecule has 0 spiro atoms. The summed E-state index contributed by atoms with van der Waals surface area (Å²) in [5, 5.41) is 10.0. The van der Waals surface area contributed by atoms with Crippen LogP contribution >= 0.6 is 11.6 Å². The minimum absolute atomic E-state index is 0.136. The van der Waals surface area contributed by atoms with Crippen LogP contribution in [-0.4, -0.2) is 33.4 Å². The van der Waals surface area contributed by atoms with Crippen molar-refractivity contribution >= 4 is 11.6 Å². The molecule has 4 rings (SSSR count). The number of hydrogen-bond acceptors (Lipinski definition) is 6. The maximum atomic E-state index is 13.4. The quantitative estimate of drug-likeness (QED) is 0.434. The van der Waals surface area contributed by atoms with Crippen LogP contribution in [0.15, 0.2) is 57.7 Å². The second-order valence-corrected chi connectivity index (χ2v) is 8.06. The van der Waals surface area contributed by atoms with E-state index in [0.717, 1.165) is 16.9 Å². The van der Waals surface area contributed by atoms with Gasteiger partial charge in [0, 0.05) is 40.4 Å². The van der Waals surface area contributed by atoms with Crippen LogP contribution in [0, 0.1) is 13.8 Å². The highest BCUT2D eigenvalue weighted by molar-refractivity contribution is 6.30. The maximum absolute atomic E-state index is 13.4. The van der Waals surface area contributed by atoms with E-state index in [-0.39, 0.29) is 25.1 Å². The van der Waals surface area contributed by atoms with Gasteiger partial charge in [-0.2, -0.15) is 0 Å². The van der Waals surface area contributed by atoms with Crippen molar-refractivity contribution in [2.75, 3.05) is 13.7 Å². The Morgan fingerprint density at radius 3 is 2.33 bits per heavy atom. The molecule has 0 radical (unpaired) electrons. The molecule has 7 nitrogen and oxygen atoms in total. The Morgan fingerprint density at radius 2 is 1.70 bits per heavy atom. The number of aliphatic hydroxyl groups excluding tert-OH is 1. The van der Waals surface area contributed by atoms with Crippen LogP contribution in [0.3, 0.4) is 0 Å². The summed E-state index contributed by atoms with van der Waals surface area (Å²) < 4.78 is 12.7. The van der Waals surface area contributed by atoms with Gasteiger partial charge in [0.25, 0.3) is 5.56 Å². The fourth-order valence-electron chi connectivity index (χ4n) is 3.65. The number of nitrogens with zero attached hydrogens (tertiary/aromatic N) is 3. The third-order valence-corrected chi connectivity index (χ3v) is 5.72. The highest BCUT2D eigenvalue weighted by atomic mass is 35.5. The highest BCUT2D eigenvalue weighted by Crippen LogP contribution is 2.26. The number of benzene rings is 2. The summed E-state index contributed by atoms with van der Waals surface area (Å²) in [6.45, 7) is 3.63. The Hall–Kier alpha value is -3.42. The number of hydrogen-bond donors (Lipinski definition) is 1. The Balaban J connectivity index is 1.79. The van der Waals surface area contributed by atoms with Gasteiger partial charge in [-0.05, 0) is 62.4 Å². The van der Waals surface area contributed by atoms with Crippen LogP contribution in [0.2, 0.25) is 5.02 Å². The molecule has 0 bridgehead atoms. The number of methoxy groups -OCH3 is 1. The van der Waals surface area contributed by atoms with E-state index in [4.69, 9.17) is 25.7 Å². The van der Waals surface area contributed by atoms with Crippen molar-refractivity contribution in [3.63, 3.8) is 0 Å². The third-order valence-electron chi connectivity index (χ3n) is 5.47. The first-order valence-electron chi connectivity index (χ1n) is 10.5. The normalized spacial score (nSPS) is 11.1. The Kier molecular flexibility index (Phi) is 6.62. The molecule has 0 unspecified atom stereocenters. The highest BCUT2D eigenvalue weighted by Gasteiger charge is 2.19. The minimum Gasteiger partial charge on any atom is -0.497 e. The number of aryl methyl sites for hydroxylation is 2. The molecule has 0 aliphatic heterocycles. The monoisotopic (exact) mass is 465 g/mol. The van der Waals surface area contributed by atoms with Gasteiger partial charge in [-0.3, -0.25) is 9.36 Å². The van der Waals surface area contributed by atoms with Crippen molar-refractivity contribution < 1.29 is 14.3 Å². The van der Waals surface area contributed by atoms with E-state index in [1.807, 2.05) is 43.3 Å². The first kappa shape index (κ1) is 22.8. The number of aromatic nitrogens is 3. The van der Waals surface area contributed by atoms with E-state index in [2.05, 4.69) is 4.98 Å². The Morgan fingerprint density at radius 1 is 1.03 bits per heavy atom. The first-order valence-corrected chi connectivity index (χ1v) is 10.9. The molecule has 170 valence electrons. The lowest BCUT2D eigenvalue weighted by Gasteiger charge is -2.15. The second kappa shape index (κ2) is 9.60. The van der Waals surface area contributed by atoms with Gasteiger partial charge in [0.1, 0.15) is 23.0 Å². The van der Waals surface area contributed by atoms with Crippen LogP contribution in [0.4, 0.5) is 0 Å². The third kappa shape index (κ3) is 4.69. The summed E-state index contributed by atoms with van der Waals surface area (Å²) in [5.41, 5.74) is 3.04. The van der Waals surface area contributed by atoms with E-state index < -0.39 is 0 Å². The van der Waals surface area contributed by atoms with Gasteiger partial charge < -0.3 is 14.3 Å². The van der Waals surface area contributed by atoms with Crippen molar-refractivity contribution in [1.29, 1.82) is 0 Å². The fourth-order valence-corrected chi connectivity index (χ4v) is 3.77. The summed E-state index contributed by atoms with van der Waals surface area (Å²) in [4.78, 5) is 22.8. The maximum Gasteiger partial charge on any atom is 0.257 e. The lowest BCUT2D eigenvalue weighted by atomic mass is 10.1. The van der Waals surface area contributed by atoms with Crippen LogP contribution in [0.5, 0.6) is 5.75 Å². The number of ether oxygens (including phenoxy) is 1. The number of rotatable bonds is 7. The van der Waals surface area contributed by atoms with Gasteiger partial charge in [-0.25, -0.2) is 9.97 Å². The van der Waals surface area contributed by atoms with Crippen molar-refractivity contribution in [3.05, 3.63) is 86.6 Å². The first-order chi connectivity index (χ1) is 15.9. The molecular formula is C25H24ClN3O4. The zero-order valence-electron chi connectivity index (χ0n) is 18.6. The van der Waals surface area contributed by atoms with Crippen LogP contribution in [0.1, 0.15) is 22.7 Å².